The molecule has 0 amide bonds. The molecule has 2 saturated carbocycles. The van der Waals surface area contributed by atoms with Gasteiger partial charge in [-0.2, -0.15) is 5.10 Å². The average Bonchev–Trinajstić information content (AvgIpc) is 3.71. The van der Waals surface area contributed by atoms with Gasteiger partial charge in [-0.1, -0.05) is 24.6 Å². The molecular weight excluding hydrogens is 410 g/mol. The Morgan fingerprint density at radius 2 is 1.65 bits per heavy atom. The van der Waals surface area contributed by atoms with E-state index in [0.29, 0.717) is 16.5 Å². The van der Waals surface area contributed by atoms with Crippen molar-refractivity contribution in [3.05, 3.63) is 41.0 Å². The molecule has 0 radical (unpaired) electrons. The fraction of sp³-hybridized carbons (Fsp3) is 0.480. The Labute approximate surface area is 188 Å². The summed E-state index contributed by atoms with van der Waals surface area (Å²) in [6.07, 6.45) is 6.31. The third kappa shape index (κ3) is 3.96. The summed E-state index contributed by atoms with van der Waals surface area (Å²) in [6.45, 7) is 4.48. The van der Waals surface area contributed by atoms with Crippen LogP contribution in [0.15, 0.2) is 30.3 Å². The van der Waals surface area contributed by atoms with Gasteiger partial charge in [-0.25, -0.2) is 4.52 Å². The van der Waals surface area contributed by atoms with Crippen molar-refractivity contribution in [2.45, 2.75) is 39.0 Å². The number of methoxy groups -OCH3 is 2. The fourth-order valence-corrected chi connectivity index (χ4v) is 4.69. The Hall–Kier alpha value is -2.40. The van der Waals surface area contributed by atoms with Crippen molar-refractivity contribution >= 4 is 22.8 Å². The summed E-state index contributed by atoms with van der Waals surface area (Å²) in [5.41, 5.74) is 5.42. The zero-order valence-electron chi connectivity index (χ0n) is 18.5. The second-order valence-corrected chi connectivity index (χ2v) is 9.27. The smallest absolute Gasteiger partial charge is 0.133 e. The number of hydrogen-bond donors (Lipinski definition) is 0. The van der Waals surface area contributed by atoms with Crippen LogP contribution in [-0.4, -0.2) is 36.9 Å². The van der Waals surface area contributed by atoms with Crippen LogP contribution in [0, 0.1) is 11.8 Å². The lowest BCUT2D eigenvalue weighted by Crippen LogP contribution is -2.28. The lowest BCUT2D eigenvalue weighted by atomic mass is 10.1. The highest BCUT2D eigenvalue weighted by atomic mass is 35.5. The summed E-state index contributed by atoms with van der Waals surface area (Å²) in [7, 11) is 3.32. The normalized spacial score (nSPS) is 16.0. The summed E-state index contributed by atoms with van der Waals surface area (Å²) in [5, 5.41) is 5.67. The van der Waals surface area contributed by atoms with Gasteiger partial charge in [0.25, 0.3) is 0 Å². The van der Waals surface area contributed by atoms with Gasteiger partial charge in [0.2, 0.25) is 0 Å². The number of benzene rings is 1. The zero-order chi connectivity index (χ0) is 21.5. The lowest BCUT2D eigenvalue weighted by Gasteiger charge is -2.25. The van der Waals surface area contributed by atoms with E-state index in [1.165, 1.54) is 31.4 Å². The number of anilines is 1. The molecule has 0 bridgehead atoms. The molecule has 6 heteroatoms. The topological polar surface area (TPSA) is 39.0 Å². The van der Waals surface area contributed by atoms with Gasteiger partial charge in [0, 0.05) is 18.1 Å². The maximum Gasteiger partial charge on any atom is 0.133 e. The highest BCUT2D eigenvalue weighted by Crippen LogP contribution is 2.43. The van der Waals surface area contributed by atoms with Crippen LogP contribution in [0.5, 0.6) is 11.5 Å². The number of fused-ring (bicyclic) bond motifs is 1. The molecule has 0 spiro atoms. The molecular formula is C25H30ClN3O2. The minimum atomic E-state index is 0.583. The first-order chi connectivity index (χ1) is 15.1. The van der Waals surface area contributed by atoms with Crippen LogP contribution in [0.3, 0.4) is 0 Å². The second kappa shape index (κ2) is 8.27. The number of aryl methyl sites for hydroxylation is 1. The minimum Gasteiger partial charge on any atom is -0.496 e. The molecule has 0 saturated heterocycles. The molecule has 0 N–H and O–H groups in total. The van der Waals surface area contributed by atoms with Gasteiger partial charge < -0.3 is 14.4 Å². The molecule has 3 aromatic rings. The van der Waals surface area contributed by atoms with Crippen LogP contribution in [0.4, 0.5) is 5.69 Å². The quantitative estimate of drug-likeness (QED) is 0.418. The van der Waals surface area contributed by atoms with E-state index in [1.54, 1.807) is 14.2 Å². The van der Waals surface area contributed by atoms with E-state index in [-0.39, 0.29) is 0 Å². The van der Waals surface area contributed by atoms with Crippen LogP contribution in [0.25, 0.3) is 16.8 Å². The van der Waals surface area contributed by atoms with Crippen LogP contribution >= 0.6 is 11.6 Å². The van der Waals surface area contributed by atoms with Crippen LogP contribution < -0.4 is 14.4 Å². The molecule has 5 nitrogen and oxygen atoms in total. The summed E-state index contributed by atoms with van der Waals surface area (Å²) in [6, 6.07) is 10.0. The SMILES string of the molecule is CCc1nn2c(-c3c(OC)cc(Cl)cc3OC)cccc2c1N(CC1CC1)CC1CC1. The Balaban J connectivity index is 1.69. The third-order valence-corrected chi connectivity index (χ3v) is 6.65. The molecule has 0 aliphatic heterocycles. The molecule has 2 aromatic heterocycles. The highest BCUT2D eigenvalue weighted by molar-refractivity contribution is 6.31. The predicted octanol–water partition coefficient (Wildman–Crippen LogP) is 5.86. The Bertz CT molecular complexity index is 1060. The van der Waals surface area contributed by atoms with Crippen molar-refractivity contribution < 1.29 is 9.47 Å². The lowest BCUT2D eigenvalue weighted by molar-refractivity contribution is 0.397. The van der Waals surface area contributed by atoms with Crippen LogP contribution in [0.1, 0.15) is 38.3 Å². The van der Waals surface area contributed by atoms with Crippen molar-refractivity contribution in [2.75, 3.05) is 32.2 Å². The highest BCUT2D eigenvalue weighted by Gasteiger charge is 2.32. The molecule has 0 atom stereocenters. The first kappa shape index (κ1) is 20.5. The molecule has 31 heavy (non-hydrogen) atoms. The molecule has 5 rings (SSSR count). The zero-order valence-corrected chi connectivity index (χ0v) is 19.3. The molecule has 1 aromatic carbocycles. The van der Waals surface area contributed by atoms with E-state index in [0.717, 1.165) is 53.8 Å². The van der Waals surface area contributed by atoms with Gasteiger partial charge >= 0.3 is 0 Å². The van der Waals surface area contributed by atoms with Gasteiger partial charge in [-0.05, 0) is 68.2 Å². The monoisotopic (exact) mass is 439 g/mol. The number of halogens is 1. The number of nitrogens with zero attached hydrogens (tertiary/aromatic N) is 3. The first-order valence-electron chi connectivity index (χ1n) is 11.3. The fourth-order valence-electron chi connectivity index (χ4n) is 4.49. The maximum atomic E-state index is 6.30. The Kier molecular flexibility index (Phi) is 5.47. The summed E-state index contributed by atoms with van der Waals surface area (Å²) < 4.78 is 13.4. The Morgan fingerprint density at radius 1 is 1.03 bits per heavy atom. The van der Waals surface area contributed by atoms with Crippen LogP contribution in [0.2, 0.25) is 5.02 Å². The van der Waals surface area contributed by atoms with Gasteiger partial charge in [0.05, 0.1) is 42.4 Å². The number of hydrogen-bond acceptors (Lipinski definition) is 4. The number of pyridine rings is 1. The number of rotatable bonds is 9. The van der Waals surface area contributed by atoms with E-state index in [1.807, 2.05) is 12.1 Å². The van der Waals surface area contributed by atoms with E-state index < -0.39 is 0 Å². The molecule has 2 aliphatic carbocycles. The minimum absolute atomic E-state index is 0.583. The number of ether oxygens (including phenoxy) is 2. The van der Waals surface area contributed by atoms with Crippen molar-refractivity contribution in [2.24, 2.45) is 11.8 Å². The summed E-state index contributed by atoms with van der Waals surface area (Å²) in [5.74, 6) is 3.02. The standard InChI is InChI=1S/C25H30ClN3O2/c1-4-19-25(28(14-16-8-9-16)15-17-10-11-17)21-7-5-6-20(29(21)27-19)24-22(30-2)12-18(26)13-23(24)31-3/h5-7,12-13,16-17H,4,8-11,14-15H2,1-3H3. The van der Waals surface area contributed by atoms with Crippen LogP contribution in [-0.2, 0) is 6.42 Å². The van der Waals surface area contributed by atoms with Crippen molar-refractivity contribution in [3.8, 4) is 22.8 Å². The average molecular weight is 440 g/mol. The van der Waals surface area contributed by atoms with E-state index >= 15 is 0 Å². The van der Waals surface area contributed by atoms with Crippen molar-refractivity contribution in [1.82, 2.24) is 9.61 Å². The molecule has 2 aliphatic rings. The summed E-state index contributed by atoms with van der Waals surface area (Å²) >= 11 is 6.30. The largest absolute Gasteiger partial charge is 0.496 e. The molecule has 2 fully saturated rings. The van der Waals surface area contributed by atoms with E-state index in [9.17, 15) is 0 Å². The molecule has 0 unspecified atom stereocenters. The van der Waals surface area contributed by atoms with Gasteiger partial charge in [0.1, 0.15) is 11.5 Å². The number of aromatic nitrogens is 2. The second-order valence-electron chi connectivity index (χ2n) is 8.83. The maximum absolute atomic E-state index is 6.30. The predicted molar refractivity (Wildman–Crippen MR) is 126 cm³/mol. The third-order valence-electron chi connectivity index (χ3n) is 6.43. The van der Waals surface area contributed by atoms with Gasteiger partial charge in [-0.3, -0.25) is 0 Å². The van der Waals surface area contributed by atoms with Gasteiger partial charge in [-0.15, -0.1) is 0 Å². The Morgan fingerprint density at radius 3 is 2.16 bits per heavy atom. The van der Waals surface area contributed by atoms with E-state index in [2.05, 4.69) is 34.5 Å². The molecule has 164 valence electrons. The van der Waals surface area contributed by atoms with Gasteiger partial charge in [0.15, 0.2) is 0 Å². The molecule has 2 heterocycles. The first-order valence-corrected chi connectivity index (χ1v) is 11.7. The van der Waals surface area contributed by atoms with Crippen molar-refractivity contribution in [3.63, 3.8) is 0 Å². The summed E-state index contributed by atoms with van der Waals surface area (Å²) in [4.78, 5) is 2.62. The van der Waals surface area contributed by atoms with E-state index in [4.69, 9.17) is 26.2 Å². The van der Waals surface area contributed by atoms with Crippen molar-refractivity contribution in [1.29, 1.82) is 0 Å².